The molecule has 0 saturated carbocycles. The van der Waals surface area contributed by atoms with Gasteiger partial charge in [0.05, 0.1) is 17.6 Å². The summed E-state index contributed by atoms with van der Waals surface area (Å²) in [6.07, 6.45) is 0. The Kier molecular flexibility index (Phi) is 5.23. The van der Waals surface area contributed by atoms with E-state index in [-0.39, 0.29) is 10.5 Å². The first-order valence-corrected chi connectivity index (χ1v) is 9.36. The number of ether oxygens (including phenoxy) is 1. The summed E-state index contributed by atoms with van der Waals surface area (Å²) in [4.78, 5) is 11.9. The second-order valence-corrected chi connectivity index (χ2v) is 7.75. The van der Waals surface area contributed by atoms with E-state index in [1.54, 1.807) is 18.2 Å². The van der Waals surface area contributed by atoms with Gasteiger partial charge in [-0.3, -0.25) is 4.72 Å². The van der Waals surface area contributed by atoms with Crippen molar-refractivity contribution in [2.75, 3.05) is 11.8 Å². The van der Waals surface area contributed by atoms with Crippen LogP contribution in [0.25, 0.3) is 0 Å². The molecule has 6 heteroatoms. The predicted octanol–water partition coefficient (Wildman–Crippen LogP) is 3.82. The van der Waals surface area contributed by atoms with Crippen LogP contribution >= 0.6 is 0 Å². The fraction of sp³-hybridized carbons (Fsp3) is 0.316. The predicted molar refractivity (Wildman–Crippen MR) is 98.7 cm³/mol. The second kappa shape index (κ2) is 6.88. The molecule has 0 saturated heterocycles. The molecule has 0 fully saturated rings. The SMILES string of the molecule is COC(=O)c1cccc(NS(=O)(=O)c2c(C)c(C)c(C)c(C)c2C)c1. The first-order valence-electron chi connectivity index (χ1n) is 7.88. The van der Waals surface area contributed by atoms with E-state index in [1.165, 1.54) is 13.2 Å². The third-order valence-corrected chi connectivity index (χ3v) is 6.39. The largest absolute Gasteiger partial charge is 0.465 e. The van der Waals surface area contributed by atoms with Crippen molar-refractivity contribution in [1.29, 1.82) is 0 Å². The summed E-state index contributed by atoms with van der Waals surface area (Å²) in [6, 6.07) is 6.24. The fourth-order valence-corrected chi connectivity index (χ4v) is 4.55. The topological polar surface area (TPSA) is 72.5 Å². The zero-order valence-electron chi connectivity index (χ0n) is 15.4. The third-order valence-electron chi connectivity index (χ3n) is 4.74. The Balaban J connectivity index is 2.53. The summed E-state index contributed by atoms with van der Waals surface area (Å²) in [6.45, 7) is 9.47. The molecule has 0 amide bonds. The Morgan fingerprint density at radius 3 is 1.96 bits per heavy atom. The molecule has 0 spiro atoms. The smallest absolute Gasteiger partial charge is 0.337 e. The highest BCUT2D eigenvalue weighted by Crippen LogP contribution is 2.30. The molecule has 0 aliphatic heterocycles. The van der Waals surface area contributed by atoms with Crippen LogP contribution in [0.1, 0.15) is 38.2 Å². The van der Waals surface area contributed by atoms with Crippen LogP contribution < -0.4 is 4.72 Å². The molecule has 0 aliphatic rings. The number of benzene rings is 2. The van der Waals surface area contributed by atoms with Gasteiger partial charge in [0.1, 0.15) is 0 Å². The monoisotopic (exact) mass is 361 g/mol. The third kappa shape index (κ3) is 3.54. The van der Waals surface area contributed by atoms with Crippen LogP contribution in [0.5, 0.6) is 0 Å². The number of hydrogen-bond donors (Lipinski definition) is 1. The number of rotatable bonds is 4. The number of methoxy groups -OCH3 is 1. The van der Waals surface area contributed by atoms with Crippen LogP contribution in [0.15, 0.2) is 29.2 Å². The Morgan fingerprint density at radius 1 is 0.920 bits per heavy atom. The zero-order valence-corrected chi connectivity index (χ0v) is 16.2. The van der Waals surface area contributed by atoms with E-state index in [0.717, 1.165) is 27.8 Å². The highest BCUT2D eigenvalue weighted by Gasteiger charge is 2.24. The molecular formula is C19H23NO4S. The average molecular weight is 361 g/mol. The number of hydrogen-bond acceptors (Lipinski definition) is 4. The maximum Gasteiger partial charge on any atom is 0.337 e. The second-order valence-electron chi connectivity index (χ2n) is 6.13. The van der Waals surface area contributed by atoms with E-state index in [9.17, 15) is 13.2 Å². The minimum atomic E-state index is -3.79. The maximum absolute atomic E-state index is 13.0. The molecule has 0 aliphatic carbocycles. The summed E-state index contributed by atoms with van der Waals surface area (Å²) in [7, 11) is -2.51. The molecule has 5 nitrogen and oxygen atoms in total. The van der Waals surface area contributed by atoms with E-state index in [4.69, 9.17) is 0 Å². The summed E-state index contributed by atoms with van der Waals surface area (Å²) in [5.74, 6) is -0.518. The lowest BCUT2D eigenvalue weighted by Gasteiger charge is -2.19. The quantitative estimate of drug-likeness (QED) is 0.841. The Hall–Kier alpha value is -2.34. The molecule has 0 unspecified atom stereocenters. The van der Waals surface area contributed by atoms with Crippen LogP contribution in [0, 0.1) is 34.6 Å². The molecule has 0 atom stereocenters. The molecule has 2 aromatic carbocycles. The van der Waals surface area contributed by atoms with E-state index >= 15 is 0 Å². The van der Waals surface area contributed by atoms with Crippen molar-refractivity contribution >= 4 is 21.7 Å². The molecule has 2 aromatic rings. The number of esters is 1. The lowest BCUT2D eigenvalue weighted by Crippen LogP contribution is -2.18. The van der Waals surface area contributed by atoms with Crippen LogP contribution in [0.2, 0.25) is 0 Å². The maximum atomic E-state index is 13.0. The molecule has 0 radical (unpaired) electrons. The summed E-state index contributed by atoms with van der Waals surface area (Å²) in [5, 5.41) is 0. The van der Waals surface area contributed by atoms with Gasteiger partial charge in [-0.25, -0.2) is 13.2 Å². The van der Waals surface area contributed by atoms with E-state index in [2.05, 4.69) is 9.46 Å². The van der Waals surface area contributed by atoms with Gasteiger partial charge in [-0.2, -0.15) is 0 Å². The lowest BCUT2D eigenvalue weighted by atomic mass is 9.95. The molecule has 1 N–H and O–H groups in total. The Bertz CT molecular complexity index is 917. The van der Waals surface area contributed by atoms with Gasteiger partial charge in [-0.15, -0.1) is 0 Å². The number of carbonyl (C=O) groups is 1. The van der Waals surface area contributed by atoms with Gasteiger partial charge < -0.3 is 4.74 Å². The minimum Gasteiger partial charge on any atom is -0.465 e. The normalized spacial score (nSPS) is 11.3. The molecule has 134 valence electrons. The van der Waals surface area contributed by atoms with Crippen LogP contribution in [-0.4, -0.2) is 21.5 Å². The van der Waals surface area contributed by atoms with Gasteiger partial charge in [0.15, 0.2) is 0 Å². The van der Waals surface area contributed by atoms with Gasteiger partial charge in [-0.05, 0) is 80.6 Å². The molecule has 2 rings (SSSR count). The number of sulfonamides is 1. The average Bonchev–Trinajstić information content (AvgIpc) is 2.57. The minimum absolute atomic E-state index is 0.285. The van der Waals surface area contributed by atoms with Crippen LogP contribution in [0.4, 0.5) is 5.69 Å². The summed E-state index contributed by atoms with van der Waals surface area (Å²) >= 11 is 0. The fourth-order valence-electron chi connectivity index (χ4n) is 2.90. The standard InChI is InChI=1S/C19H23NO4S/c1-11-12(2)14(4)18(15(5)13(11)3)25(22,23)20-17-9-7-8-16(10-17)19(21)24-6/h7-10,20H,1-6H3. The number of carbonyl (C=O) groups excluding carboxylic acids is 1. The first-order chi connectivity index (χ1) is 11.6. The number of nitrogens with one attached hydrogen (secondary N) is 1. The molecular weight excluding hydrogens is 338 g/mol. The van der Waals surface area contributed by atoms with E-state index in [1.807, 2.05) is 34.6 Å². The summed E-state index contributed by atoms with van der Waals surface area (Å²) in [5.41, 5.74) is 5.10. The zero-order chi connectivity index (χ0) is 18.9. The van der Waals surface area contributed by atoms with Gasteiger partial charge >= 0.3 is 5.97 Å². The summed E-state index contributed by atoms with van der Waals surface area (Å²) < 4.78 is 33.2. The van der Waals surface area contributed by atoms with Gasteiger partial charge in [0.25, 0.3) is 10.0 Å². The van der Waals surface area contributed by atoms with E-state index < -0.39 is 16.0 Å². The Morgan fingerprint density at radius 2 is 1.44 bits per heavy atom. The van der Waals surface area contributed by atoms with Gasteiger partial charge in [-0.1, -0.05) is 6.07 Å². The van der Waals surface area contributed by atoms with Crippen molar-refractivity contribution < 1.29 is 17.9 Å². The van der Waals surface area contributed by atoms with Crippen molar-refractivity contribution in [3.05, 3.63) is 57.6 Å². The van der Waals surface area contributed by atoms with Crippen molar-refractivity contribution in [2.45, 2.75) is 39.5 Å². The highest BCUT2D eigenvalue weighted by atomic mass is 32.2. The van der Waals surface area contributed by atoms with Crippen LogP contribution in [-0.2, 0) is 14.8 Å². The van der Waals surface area contributed by atoms with Gasteiger partial charge in [0.2, 0.25) is 0 Å². The van der Waals surface area contributed by atoms with Gasteiger partial charge in [0, 0.05) is 5.69 Å². The molecule has 0 aromatic heterocycles. The lowest BCUT2D eigenvalue weighted by molar-refractivity contribution is 0.0601. The molecule has 25 heavy (non-hydrogen) atoms. The number of anilines is 1. The Labute approximate surface area is 149 Å². The molecule has 0 heterocycles. The van der Waals surface area contributed by atoms with Crippen molar-refractivity contribution in [1.82, 2.24) is 0 Å². The molecule has 0 bridgehead atoms. The van der Waals surface area contributed by atoms with Crippen LogP contribution in [0.3, 0.4) is 0 Å². The van der Waals surface area contributed by atoms with Crippen molar-refractivity contribution in [3.8, 4) is 0 Å². The van der Waals surface area contributed by atoms with Crippen molar-refractivity contribution in [2.24, 2.45) is 0 Å². The highest BCUT2D eigenvalue weighted by molar-refractivity contribution is 7.92. The van der Waals surface area contributed by atoms with Crippen molar-refractivity contribution in [3.63, 3.8) is 0 Å². The first kappa shape index (κ1) is 19.0. The van der Waals surface area contributed by atoms with E-state index in [0.29, 0.717) is 5.69 Å².